The fourth-order valence-corrected chi connectivity index (χ4v) is 5.16. The largest absolute Gasteiger partial charge is 0.369 e. The summed E-state index contributed by atoms with van der Waals surface area (Å²) in [5, 5.41) is 0. The Labute approximate surface area is 160 Å². The van der Waals surface area contributed by atoms with E-state index >= 15 is 0 Å². The molecule has 1 aromatic carbocycles. The Morgan fingerprint density at radius 2 is 1.52 bits per heavy atom. The van der Waals surface area contributed by atoms with Crippen molar-refractivity contribution in [1.82, 2.24) is 9.21 Å². The molecule has 0 atom stereocenters. The number of primary amides is 1. The number of benzene rings is 1. The molecule has 2 amide bonds. The van der Waals surface area contributed by atoms with E-state index in [2.05, 4.69) is 6.92 Å². The van der Waals surface area contributed by atoms with Crippen LogP contribution < -0.4 is 5.73 Å². The Balaban J connectivity index is 1.66. The van der Waals surface area contributed by atoms with Crippen molar-refractivity contribution < 1.29 is 18.0 Å². The number of carbonyl (C=O) groups excluding carboxylic acids is 2. The van der Waals surface area contributed by atoms with Crippen LogP contribution in [-0.2, 0) is 14.8 Å². The molecule has 0 bridgehead atoms. The highest BCUT2D eigenvalue weighted by molar-refractivity contribution is 7.89. The van der Waals surface area contributed by atoms with Crippen LogP contribution in [0.25, 0.3) is 0 Å². The van der Waals surface area contributed by atoms with Gasteiger partial charge in [-0.1, -0.05) is 6.92 Å². The van der Waals surface area contributed by atoms with Crippen molar-refractivity contribution in [2.24, 2.45) is 17.6 Å². The van der Waals surface area contributed by atoms with Crippen LogP contribution in [0, 0.1) is 11.8 Å². The van der Waals surface area contributed by atoms with Gasteiger partial charge in [-0.25, -0.2) is 8.42 Å². The van der Waals surface area contributed by atoms with E-state index in [0.717, 1.165) is 12.8 Å². The highest BCUT2D eigenvalue weighted by Gasteiger charge is 2.29. The van der Waals surface area contributed by atoms with E-state index in [1.165, 1.54) is 16.4 Å². The summed E-state index contributed by atoms with van der Waals surface area (Å²) in [4.78, 5) is 25.8. The smallest absolute Gasteiger partial charge is 0.253 e. The molecule has 8 heteroatoms. The van der Waals surface area contributed by atoms with Crippen LogP contribution in [-0.4, -0.2) is 55.6 Å². The van der Waals surface area contributed by atoms with Crippen LogP contribution in [0.15, 0.2) is 29.2 Å². The van der Waals surface area contributed by atoms with Crippen LogP contribution >= 0.6 is 0 Å². The first kappa shape index (κ1) is 19.8. The first-order valence-electron chi connectivity index (χ1n) is 9.48. The van der Waals surface area contributed by atoms with Crippen LogP contribution in [0.1, 0.15) is 43.0 Å². The predicted molar refractivity (Wildman–Crippen MR) is 101 cm³/mol. The molecule has 0 radical (unpaired) electrons. The van der Waals surface area contributed by atoms with Crippen molar-refractivity contribution in [1.29, 1.82) is 0 Å². The van der Waals surface area contributed by atoms with E-state index in [0.29, 0.717) is 50.5 Å². The summed E-state index contributed by atoms with van der Waals surface area (Å²) in [5.41, 5.74) is 5.78. The topological polar surface area (TPSA) is 101 Å². The summed E-state index contributed by atoms with van der Waals surface area (Å²) in [6, 6.07) is 6.16. The zero-order valence-corrected chi connectivity index (χ0v) is 16.5. The van der Waals surface area contributed by atoms with E-state index in [-0.39, 0.29) is 22.6 Å². The second-order valence-electron chi connectivity index (χ2n) is 7.58. The monoisotopic (exact) mass is 393 g/mol. The third-order valence-electron chi connectivity index (χ3n) is 5.67. The number of hydrogen-bond donors (Lipinski definition) is 1. The summed E-state index contributed by atoms with van der Waals surface area (Å²) >= 11 is 0. The third kappa shape index (κ3) is 4.32. The summed E-state index contributed by atoms with van der Waals surface area (Å²) < 4.78 is 27.1. The van der Waals surface area contributed by atoms with Crippen molar-refractivity contribution in [3.63, 3.8) is 0 Å². The molecular formula is C19H27N3O4S. The van der Waals surface area contributed by atoms with E-state index < -0.39 is 10.0 Å². The number of hydrogen-bond acceptors (Lipinski definition) is 4. The van der Waals surface area contributed by atoms with Gasteiger partial charge in [0.15, 0.2) is 0 Å². The number of carbonyl (C=O) groups is 2. The lowest BCUT2D eigenvalue weighted by Crippen LogP contribution is -2.41. The van der Waals surface area contributed by atoms with Crippen LogP contribution in [0.5, 0.6) is 0 Å². The van der Waals surface area contributed by atoms with Gasteiger partial charge in [-0.2, -0.15) is 4.31 Å². The second kappa shape index (κ2) is 7.98. The lowest BCUT2D eigenvalue weighted by molar-refractivity contribution is -0.123. The quantitative estimate of drug-likeness (QED) is 0.836. The Kier molecular flexibility index (Phi) is 5.86. The van der Waals surface area contributed by atoms with E-state index in [4.69, 9.17) is 5.73 Å². The average molecular weight is 394 g/mol. The van der Waals surface area contributed by atoms with Gasteiger partial charge in [0, 0.05) is 37.7 Å². The molecule has 7 nitrogen and oxygen atoms in total. The molecule has 0 aromatic heterocycles. The Morgan fingerprint density at radius 1 is 0.963 bits per heavy atom. The SMILES string of the molecule is CC1CCN(S(=O)(=O)c2ccc(C(=O)N3CCC(C(N)=O)CC3)cc2)CC1. The minimum absolute atomic E-state index is 0.145. The van der Waals surface area contributed by atoms with Gasteiger partial charge >= 0.3 is 0 Å². The molecule has 2 heterocycles. The van der Waals surface area contributed by atoms with E-state index in [1.807, 2.05) is 0 Å². The lowest BCUT2D eigenvalue weighted by Gasteiger charge is -2.31. The Hall–Kier alpha value is -1.93. The van der Waals surface area contributed by atoms with Gasteiger partial charge in [0.2, 0.25) is 15.9 Å². The van der Waals surface area contributed by atoms with E-state index in [9.17, 15) is 18.0 Å². The van der Waals surface area contributed by atoms with Gasteiger partial charge < -0.3 is 10.6 Å². The zero-order chi connectivity index (χ0) is 19.6. The molecule has 2 aliphatic rings. The van der Waals surface area contributed by atoms with Crippen LogP contribution in [0.4, 0.5) is 0 Å². The fourth-order valence-electron chi connectivity index (χ4n) is 3.69. The Bertz CT molecular complexity index is 791. The number of sulfonamides is 1. The molecule has 2 saturated heterocycles. The maximum Gasteiger partial charge on any atom is 0.253 e. The Morgan fingerprint density at radius 3 is 2.04 bits per heavy atom. The van der Waals surface area contributed by atoms with Gasteiger partial charge in [-0.15, -0.1) is 0 Å². The molecule has 1 aromatic rings. The van der Waals surface area contributed by atoms with E-state index in [1.54, 1.807) is 17.0 Å². The lowest BCUT2D eigenvalue weighted by atomic mass is 9.96. The highest BCUT2D eigenvalue weighted by atomic mass is 32.2. The van der Waals surface area contributed by atoms with Crippen molar-refractivity contribution in [2.75, 3.05) is 26.2 Å². The van der Waals surface area contributed by atoms with Crippen LogP contribution in [0.2, 0.25) is 0 Å². The summed E-state index contributed by atoms with van der Waals surface area (Å²) in [7, 11) is -3.51. The van der Waals surface area contributed by atoms with Crippen LogP contribution in [0.3, 0.4) is 0 Å². The van der Waals surface area contributed by atoms with Crippen molar-refractivity contribution in [3.05, 3.63) is 29.8 Å². The van der Waals surface area contributed by atoms with Gasteiger partial charge in [-0.05, 0) is 55.9 Å². The van der Waals surface area contributed by atoms with Crippen molar-refractivity contribution in [3.8, 4) is 0 Å². The molecular weight excluding hydrogens is 366 g/mol. The minimum Gasteiger partial charge on any atom is -0.369 e. The molecule has 0 spiro atoms. The summed E-state index contributed by atoms with van der Waals surface area (Å²) in [5.74, 6) is -0.0820. The fraction of sp³-hybridized carbons (Fsp3) is 0.579. The minimum atomic E-state index is -3.51. The predicted octanol–water partition coefficient (Wildman–Crippen LogP) is 1.44. The molecule has 2 aliphatic heterocycles. The van der Waals surface area contributed by atoms with Crippen molar-refractivity contribution >= 4 is 21.8 Å². The number of rotatable bonds is 4. The first-order valence-corrected chi connectivity index (χ1v) is 10.9. The molecule has 0 aliphatic carbocycles. The van der Waals surface area contributed by atoms with Gasteiger partial charge in [-0.3, -0.25) is 9.59 Å². The maximum atomic E-state index is 12.8. The third-order valence-corrected chi connectivity index (χ3v) is 7.58. The zero-order valence-electron chi connectivity index (χ0n) is 15.6. The molecule has 2 fully saturated rings. The first-order chi connectivity index (χ1) is 12.8. The number of piperidine rings is 2. The van der Waals surface area contributed by atoms with Gasteiger partial charge in [0.1, 0.15) is 0 Å². The summed E-state index contributed by atoms with van der Waals surface area (Å²) in [6.07, 6.45) is 2.88. The van der Waals surface area contributed by atoms with Gasteiger partial charge in [0.05, 0.1) is 4.90 Å². The molecule has 0 unspecified atom stereocenters. The second-order valence-corrected chi connectivity index (χ2v) is 9.52. The molecule has 27 heavy (non-hydrogen) atoms. The molecule has 148 valence electrons. The van der Waals surface area contributed by atoms with Gasteiger partial charge in [0.25, 0.3) is 5.91 Å². The molecule has 2 N–H and O–H groups in total. The average Bonchev–Trinajstić information content (AvgIpc) is 2.68. The highest BCUT2D eigenvalue weighted by Crippen LogP contribution is 2.24. The normalized spacial score (nSPS) is 20.6. The number of nitrogens with two attached hydrogens (primary N) is 1. The number of amides is 2. The van der Waals surface area contributed by atoms with Crippen molar-refractivity contribution in [2.45, 2.75) is 37.5 Å². The number of nitrogens with zero attached hydrogens (tertiary/aromatic N) is 2. The standard InChI is InChI=1S/C19H27N3O4S/c1-14-6-12-22(13-7-14)27(25,26)17-4-2-16(3-5-17)19(24)21-10-8-15(9-11-21)18(20)23/h2-5,14-15H,6-13H2,1H3,(H2,20,23). The number of likely N-dealkylation sites (tertiary alicyclic amines) is 1. The maximum absolute atomic E-state index is 12.8. The summed E-state index contributed by atoms with van der Waals surface area (Å²) in [6.45, 7) is 4.19. The molecule has 0 saturated carbocycles. The molecule has 3 rings (SSSR count).